The average molecular weight is 431 g/mol. The molecule has 1 fully saturated rings. The summed E-state index contributed by atoms with van der Waals surface area (Å²) in [5.41, 5.74) is 5.52. The predicted molar refractivity (Wildman–Crippen MR) is 118 cm³/mol. The number of ether oxygens (including phenoxy) is 1. The fourth-order valence-corrected chi connectivity index (χ4v) is 3.93. The van der Waals surface area contributed by atoms with Crippen LogP contribution in [0.15, 0.2) is 35.3 Å². The smallest absolute Gasteiger partial charge is 0.407 e. The van der Waals surface area contributed by atoms with Gasteiger partial charge in [0, 0.05) is 12.2 Å². The Hall–Kier alpha value is -2.90. The maximum Gasteiger partial charge on any atom is 0.407 e. The molecule has 1 aliphatic rings. The summed E-state index contributed by atoms with van der Waals surface area (Å²) in [4.78, 5) is 27.5. The van der Waals surface area contributed by atoms with E-state index in [-0.39, 0.29) is 23.8 Å². The van der Waals surface area contributed by atoms with Gasteiger partial charge in [0.25, 0.3) is 0 Å². The Morgan fingerprint density at radius 1 is 1.26 bits per heavy atom. The lowest BCUT2D eigenvalue weighted by molar-refractivity contribution is 0.0486. The molecule has 0 spiro atoms. The fourth-order valence-electron chi connectivity index (χ4n) is 3.93. The number of hydrogen-bond acceptors (Lipinski definition) is 5. The Morgan fingerprint density at radius 3 is 2.58 bits per heavy atom. The highest BCUT2D eigenvalue weighted by atomic mass is 19.1. The van der Waals surface area contributed by atoms with Crippen LogP contribution in [-0.2, 0) is 11.2 Å². The van der Waals surface area contributed by atoms with E-state index in [2.05, 4.69) is 10.3 Å². The van der Waals surface area contributed by atoms with Crippen molar-refractivity contribution in [3.8, 4) is 5.69 Å². The molecule has 1 aliphatic carbocycles. The number of hydrogen-bond donors (Lipinski definition) is 2. The number of nitrogens with zero attached hydrogens (tertiary/aromatic N) is 2. The van der Waals surface area contributed by atoms with E-state index in [4.69, 9.17) is 10.5 Å². The number of aromatic nitrogens is 2. The second kappa shape index (κ2) is 9.49. The van der Waals surface area contributed by atoms with Gasteiger partial charge in [0.05, 0.1) is 5.69 Å². The normalized spacial score (nSPS) is 19.1. The quantitative estimate of drug-likeness (QED) is 0.748. The van der Waals surface area contributed by atoms with Gasteiger partial charge in [0.15, 0.2) is 0 Å². The second-order valence-corrected chi connectivity index (χ2v) is 9.18. The summed E-state index contributed by atoms with van der Waals surface area (Å²) in [6.07, 6.45) is 6.43. The van der Waals surface area contributed by atoms with Gasteiger partial charge in [0.2, 0.25) is 0 Å². The van der Waals surface area contributed by atoms with Gasteiger partial charge in [-0.3, -0.25) is 4.57 Å². The van der Waals surface area contributed by atoms with E-state index in [0.717, 1.165) is 32.1 Å². The molecule has 31 heavy (non-hydrogen) atoms. The number of rotatable bonds is 5. The van der Waals surface area contributed by atoms with E-state index in [9.17, 15) is 14.0 Å². The molecular weight excluding hydrogens is 399 g/mol. The fraction of sp³-hybridized carbons (Fsp3) is 0.522. The van der Waals surface area contributed by atoms with E-state index in [1.54, 1.807) is 12.1 Å². The first-order chi connectivity index (χ1) is 14.6. The van der Waals surface area contributed by atoms with Crippen molar-refractivity contribution >= 4 is 11.9 Å². The second-order valence-electron chi connectivity index (χ2n) is 9.18. The lowest BCUT2D eigenvalue weighted by atomic mass is 9.82. The van der Waals surface area contributed by atoms with Crippen molar-refractivity contribution in [2.75, 3.05) is 5.73 Å². The molecule has 0 bridgehead atoms. The minimum atomic E-state index is -0.538. The molecule has 3 N–H and O–H groups in total. The summed E-state index contributed by atoms with van der Waals surface area (Å²) in [7, 11) is 0. The summed E-state index contributed by atoms with van der Waals surface area (Å²) in [5.74, 6) is 0.301. The van der Waals surface area contributed by atoms with Gasteiger partial charge in [-0.1, -0.05) is 6.07 Å². The molecule has 0 radical (unpaired) electrons. The summed E-state index contributed by atoms with van der Waals surface area (Å²) in [6.45, 7) is 5.54. The molecule has 0 atom stereocenters. The van der Waals surface area contributed by atoms with Crippen LogP contribution in [0.3, 0.4) is 0 Å². The lowest BCUT2D eigenvalue weighted by Crippen LogP contribution is -2.40. The standard InChI is InChI=1S/C23H31FN4O3/c1-23(2,3)31-22(30)26-17-9-5-15(6-10-17)4-7-16-8-11-18(14-19(16)24)28-13-12-20(25)27-21(28)29/h8,11-15,17H,4-7,9-10H2,1-3H3,(H,26,30)(H2,25,27,29). The third kappa shape index (κ3) is 6.54. The molecule has 2 aromatic rings. The van der Waals surface area contributed by atoms with E-state index in [0.29, 0.717) is 23.6 Å². The van der Waals surface area contributed by atoms with Crippen LogP contribution < -0.4 is 16.7 Å². The van der Waals surface area contributed by atoms with Crippen molar-refractivity contribution in [2.45, 2.75) is 70.9 Å². The first-order valence-corrected chi connectivity index (χ1v) is 10.7. The van der Waals surface area contributed by atoms with Gasteiger partial charge in [-0.2, -0.15) is 4.98 Å². The maximum atomic E-state index is 14.6. The van der Waals surface area contributed by atoms with Gasteiger partial charge < -0.3 is 15.8 Å². The summed E-state index contributed by atoms with van der Waals surface area (Å²) in [6, 6.07) is 6.44. The van der Waals surface area contributed by atoms with Crippen LogP contribution >= 0.6 is 0 Å². The van der Waals surface area contributed by atoms with Crippen LogP contribution in [0.25, 0.3) is 5.69 Å². The number of amides is 1. The van der Waals surface area contributed by atoms with Gasteiger partial charge in [-0.15, -0.1) is 0 Å². The zero-order chi connectivity index (χ0) is 22.6. The highest BCUT2D eigenvalue weighted by Crippen LogP contribution is 2.29. The van der Waals surface area contributed by atoms with Crippen molar-refractivity contribution in [3.63, 3.8) is 0 Å². The van der Waals surface area contributed by atoms with Crippen molar-refractivity contribution in [2.24, 2.45) is 5.92 Å². The number of nitrogen functional groups attached to an aromatic ring is 1. The molecule has 0 aliphatic heterocycles. The number of nitrogens with one attached hydrogen (secondary N) is 1. The Kier molecular flexibility index (Phi) is 6.97. The average Bonchev–Trinajstić information content (AvgIpc) is 2.67. The number of alkyl carbamates (subject to hydrolysis) is 1. The molecule has 1 aromatic carbocycles. The predicted octanol–water partition coefficient (Wildman–Crippen LogP) is 3.97. The van der Waals surface area contributed by atoms with Crippen LogP contribution in [-0.4, -0.2) is 27.3 Å². The van der Waals surface area contributed by atoms with Crippen molar-refractivity contribution in [3.05, 3.63) is 52.3 Å². The van der Waals surface area contributed by atoms with Crippen molar-refractivity contribution in [1.29, 1.82) is 0 Å². The molecular formula is C23H31FN4O3. The van der Waals surface area contributed by atoms with Crippen LogP contribution in [0.4, 0.5) is 15.0 Å². The highest BCUT2D eigenvalue weighted by molar-refractivity contribution is 5.68. The zero-order valence-corrected chi connectivity index (χ0v) is 18.4. The van der Waals surface area contributed by atoms with Crippen LogP contribution in [0.1, 0.15) is 58.4 Å². The van der Waals surface area contributed by atoms with E-state index in [1.165, 1.54) is 22.9 Å². The molecule has 0 saturated heterocycles. The molecule has 168 valence electrons. The first-order valence-electron chi connectivity index (χ1n) is 10.7. The lowest BCUT2D eigenvalue weighted by Gasteiger charge is -2.30. The number of carbonyl (C=O) groups is 1. The first kappa shape index (κ1) is 22.8. The summed E-state index contributed by atoms with van der Waals surface area (Å²) < 4.78 is 21.2. The Labute approximate surface area is 181 Å². The molecule has 1 aromatic heterocycles. The van der Waals surface area contributed by atoms with Crippen LogP contribution in [0.5, 0.6) is 0 Å². The molecule has 1 heterocycles. The third-order valence-corrected chi connectivity index (χ3v) is 5.53. The van der Waals surface area contributed by atoms with E-state index in [1.807, 2.05) is 20.8 Å². The Balaban J connectivity index is 1.50. The number of nitrogens with two attached hydrogens (primary N) is 1. The summed E-state index contributed by atoms with van der Waals surface area (Å²) in [5, 5.41) is 2.95. The Morgan fingerprint density at radius 2 is 1.97 bits per heavy atom. The molecule has 7 nitrogen and oxygen atoms in total. The topological polar surface area (TPSA) is 99.2 Å². The maximum absolute atomic E-state index is 14.6. The molecule has 1 amide bonds. The monoisotopic (exact) mass is 430 g/mol. The van der Waals surface area contributed by atoms with E-state index >= 15 is 0 Å². The molecule has 0 unspecified atom stereocenters. The minimum absolute atomic E-state index is 0.133. The van der Waals surface area contributed by atoms with Crippen LogP contribution in [0, 0.1) is 11.7 Å². The van der Waals surface area contributed by atoms with E-state index < -0.39 is 11.3 Å². The van der Waals surface area contributed by atoms with Gasteiger partial charge in [-0.05, 0) is 89.0 Å². The number of benzene rings is 1. The number of anilines is 1. The SMILES string of the molecule is CC(C)(C)OC(=O)NC1CCC(CCc2ccc(-n3ccc(N)nc3=O)cc2F)CC1. The molecule has 8 heteroatoms. The van der Waals surface area contributed by atoms with Gasteiger partial charge in [-0.25, -0.2) is 14.0 Å². The van der Waals surface area contributed by atoms with Crippen molar-refractivity contribution in [1.82, 2.24) is 14.9 Å². The number of halogens is 1. The number of aryl methyl sites for hydroxylation is 1. The van der Waals surface area contributed by atoms with Crippen molar-refractivity contribution < 1.29 is 13.9 Å². The largest absolute Gasteiger partial charge is 0.444 e. The summed E-state index contributed by atoms with van der Waals surface area (Å²) >= 11 is 0. The third-order valence-electron chi connectivity index (χ3n) is 5.53. The zero-order valence-electron chi connectivity index (χ0n) is 18.4. The molecule has 3 rings (SSSR count). The highest BCUT2D eigenvalue weighted by Gasteiger charge is 2.24. The minimum Gasteiger partial charge on any atom is -0.444 e. The number of carbonyl (C=O) groups excluding carboxylic acids is 1. The van der Waals surface area contributed by atoms with Gasteiger partial charge >= 0.3 is 11.8 Å². The van der Waals surface area contributed by atoms with Crippen LogP contribution in [0.2, 0.25) is 0 Å². The molecule has 1 saturated carbocycles. The Bertz CT molecular complexity index is 976. The van der Waals surface area contributed by atoms with Gasteiger partial charge in [0.1, 0.15) is 17.2 Å².